The Labute approximate surface area is 84.5 Å². The summed E-state index contributed by atoms with van der Waals surface area (Å²) in [7, 11) is -0.726. The van der Waals surface area contributed by atoms with Crippen LogP contribution in [-0.2, 0) is 18.4 Å². The van der Waals surface area contributed by atoms with Gasteiger partial charge in [0.15, 0.2) is 0 Å². The summed E-state index contributed by atoms with van der Waals surface area (Å²) >= 11 is 0. The molecule has 4 nitrogen and oxygen atoms in total. The molecule has 14 heavy (non-hydrogen) atoms. The lowest BCUT2D eigenvalue weighted by atomic mass is 10.1. The Morgan fingerprint density at radius 2 is 2.00 bits per heavy atom. The van der Waals surface area contributed by atoms with Crippen LogP contribution in [0.3, 0.4) is 0 Å². The minimum absolute atomic E-state index is 0.199. The van der Waals surface area contributed by atoms with E-state index in [1.54, 1.807) is 6.92 Å². The monoisotopic (exact) mass is 218 g/mol. The molecular formula is C9H15O4P. The first kappa shape index (κ1) is 13.4. The molecule has 80 valence electrons. The second-order valence-corrected chi connectivity index (χ2v) is 5.18. The van der Waals surface area contributed by atoms with Gasteiger partial charge in [-0.3, -0.25) is 9.36 Å². The average Bonchev–Trinajstić information content (AvgIpc) is 2.18. The molecule has 0 fully saturated rings. The zero-order chi connectivity index (χ0) is 11.2. The van der Waals surface area contributed by atoms with Crippen molar-refractivity contribution < 1.29 is 18.4 Å². The summed E-state index contributed by atoms with van der Waals surface area (Å²) < 4.78 is 20.8. The van der Waals surface area contributed by atoms with Crippen LogP contribution in [0.4, 0.5) is 0 Å². The van der Waals surface area contributed by atoms with Gasteiger partial charge in [0, 0.05) is 26.6 Å². The molecule has 0 amide bonds. The highest BCUT2D eigenvalue weighted by Gasteiger charge is 2.27. The molecule has 0 aromatic heterocycles. The quantitative estimate of drug-likeness (QED) is 0.503. The standard InChI is InChI=1S/C9H15O4P/c1-5-6-8(2)9(10)7-14(11,12-3)13-4/h1,8H,6-7H2,2-4H3/t8-/m0/s1. The molecule has 5 heteroatoms. The Morgan fingerprint density at radius 3 is 2.36 bits per heavy atom. The van der Waals surface area contributed by atoms with Gasteiger partial charge < -0.3 is 9.05 Å². The maximum Gasteiger partial charge on any atom is 0.337 e. The fraction of sp³-hybridized carbons (Fsp3) is 0.667. The molecule has 0 aliphatic rings. The molecule has 0 bridgehead atoms. The number of rotatable bonds is 6. The molecule has 0 aromatic carbocycles. The van der Waals surface area contributed by atoms with Crippen molar-refractivity contribution in [2.75, 3.05) is 20.4 Å². The molecular weight excluding hydrogens is 203 g/mol. The molecule has 0 N–H and O–H groups in total. The van der Waals surface area contributed by atoms with Gasteiger partial charge in [-0.25, -0.2) is 0 Å². The Morgan fingerprint density at radius 1 is 1.50 bits per heavy atom. The van der Waals surface area contributed by atoms with E-state index in [0.29, 0.717) is 6.42 Å². The fourth-order valence-electron chi connectivity index (χ4n) is 0.841. The lowest BCUT2D eigenvalue weighted by Gasteiger charge is -2.14. The summed E-state index contributed by atoms with van der Waals surface area (Å²) in [6.07, 6.45) is 5.18. The molecule has 0 rings (SSSR count). The van der Waals surface area contributed by atoms with Crippen molar-refractivity contribution in [1.29, 1.82) is 0 Å². The van der Waals surface area contributed by atoms with Gasteiger partial charge in [-0.2, -0.15) is 0 Å². The molecule has 0 aliphatic heterocycles. The Bertz CT molecular complexity index is 271. The van der Waals surface area contributed by atoms with Crippen molar-refractivity contribution in [3.8, 4) is 12.3 Å². The van der Waals surface area contributed by atoms with Crippen molar-refractivity contribution in [1.82, 2.24) is 0 Å². The normalized spacial score (nSPS) is 13.3. The van der Waals surface area contributed by atoms with Gasteiger partial charge in [0.05, 0.1) is 0 Å². The third-order valence-electron chi connectivity index (χ3n) is 1.88. The van der Waals surface area contributed by atoms with Gasteiger partial charge in [0.2, 0.25) is 0 Å². The van der Waals surface area contributed by atoms with Gasteiger partial charge in [-0.1, -0.05) is 6.92 Å². The van der Waals surface area contributed by atoms with Crippen LogP contribution in [0.25, 0.3) is 0 Å². The molecule has 0 spiro atoms. The Kier molecular flexibility index (Phi) is 5.71. The number of carbonyl (C=O) groups is 1. The van der Waals surface area contributed by atoms with Gasteiger partial charge >= 0.3 is 7.60 Å². The maximum absolute atomic E-state index is 11.6. The highest BCUT2D eigenvalue weighted by Crippen LogP contribution is 2.46. The molecule has 0 heterocycles. The van der Waals surface area contributed by atoms with E-state index in [1.807, 2.05) is 0 Å². The van der Waals surface area contributed by atoms with Gasteiger partial charge in [0.1, 0.15) is 11.9 Å². The number of Topliss-reactive ketones (excluding diaryl/α,β-unsaturated/α-hetero) is 1. The van der Waals surface area contributed by atoms with Crippen LogP contribution in [0, 0.1) is 18.3 Å². The summed E-state index contributed by atoms with van der Waals surface area (Å²) in [6.45, 7) is 1.69. The first-order valence-electron chi connectivity index (χ1n) is 4.15. The highest BCUT2D eigenvalue weighted by atomic mass is 31.2. The van der Waals surface area contributed by atoms with Crippen LogP contribution >= 0.6 is 7.60 Å². The summed E-state index contributed by atoms with van der Waals surface area (Å²) in [5, 5.41) is 0. The molecule has 0 radical (unpaired) electrons. The van der Waals surface area contributed by atoms with Gasteiger partial charge in [0.25, 0.3) is 0 Å². The van der Waals surface area contributed by atoms with Crippen molar-refractivity contribution in [2.45, 2.75) is 13.3 Å². The highest BCUT2D eigenvalue weighted by molar-refractivity contribution is 7.54. The van der Waals surface area contributed by atoms with Crippen LogP contribution in [0.5, 0.6) is 0 Å². The van der Waals surface area contributed by atoms with Crippen molar-refractivity contribution in [3.05, 3.63) is 0 Å². The molecule has 0 aliphatic carbocycles. The number of terminal acetylenes is 1. The van der Waals surface area contributed by atoms with Gasteiger partial charge in [-0.05, 0) is 0 Å². The second-order valence-electron chi connectivity index (χ2n) is 2.91. The molecule has 1 atom stereocenters. The van der Waals surface area contributed by atoms with Crippen LogP contribution in [-0.4, -0.2) is 26.2 Å². The van der Waals surface area contributed by atoms with E-state index in [4.69, 9.17) is 6.42 Å². The summed E-state index contributed by atoms with van der Waals surface area (Å²) in [5.74, 6) is 1.87. The van der Waals surface area contributed by atoms with Crippen LogP contribution < -0.4 is 0 Å². The minimum atomic E-state index is -3.23. The van der Waals surface area contributed by atoms with Crippen molar-refractivity contribution >= 4 is 13.4 Å². The maximum atomic E-state index is 11.6. The zero-order valence-corrected chi connectivity index (χ0v) is 9.54. The van der Waals surface area contributed by atoms with Crippen molar-refractivity contribution in [2.24, 2.45) is 5.92 Å². The Balaban J connectivity index is 4.32. The van der Waals surface area contributed by atoms with Crippen LogP contribution in [0.15, 0.2) is 0 Å². The van der Waals surface area contributed by atoms with E-state index < -0.39 is 7.60 Å². The Hall–Kier alpha value is -0.620. The molecule has 0 aromatic rings. The number of carbonyl (C=O) groups excluding carboxylic acids is 1. The number of ketones is 1. The van der Waals surface area contributed by atoms with E-state index >= 15 is 0 Å². The number of hydrogen-bond acceptors (Lipinski definition) is 4. The lowest BCUT2D eigenvalue weighted by Crippen LogP contribution is -2.16. The van der Waals surface area contributed by atoms with Gasteiger partial charge in [-0.15, -0.1) is 12.3 Å². The summed E-state index contributed by atoms with van der Waals surface area (Å²) in [4.78, 5) is 11.4. The summed E-state index contributed by atoms with van der Waals surface area (Å²) in [6, 6.07) is 0. The second kappa shape index (κ2) is 5.98. The third-order valence-corrected chi connectivity index (χ3v) is 3.69. The molecule has 0 saturated carbocycles. The van der Waals surface area contributed by atoms with E-state index in [0.717, 1.165) is 0 Å². The smallest absolute Gasteiger partial charge is 0.312 e. The first-order valence-corrected chi connectivity index (χ1v) is 5.88. The molecule has 0 unspecified atom stereocenters. The predicted octanol–water partition coefficient (Wildman–Crippen LogP) is 1.70. The largest absolute Gasteiger partial charge is 0.337 e. The zero-order valence-electron chi connectivity index (χ0n) is 8.65. The fourth-order valence-corrected chi connectivity index (χ4v) is 1.94. The topological polar surface area (TPSA) is 52.6 Å². The van der Waals surface area contributed by atoms with Crippen LogP contribution in [0.1, 0.15) is 13.3 Å². The predicted molar refractivity (Wildman–Crippen MR) is 54.1 cm³/mol. The number of hydrogen-bond donors (Lipinski definition) is 0. The third kappa shape index (κ3) is 4.06. The summed E-state index contributed by atoms with van der Waals surface area (Å²) in [5.41, 5.74) is 0. The lowest BCUT2D eigenvalue weighted by molar-refractivity contribution is -0.120. The average molecular weight is 218 g/mol. The van der Waals surface area contributed by atoms with Crippen molar-refractivity contribution in [3.63, 3.8) is 0 Å². The van der Waals surface area contributed by atoms with E-state index in [9.17, 15) is 9.36 Å². The first-order chi connectivity index (χ1) is 6.49. The van der Waals surface area contributed by atoms with E-state index in [1.165, 1.54) is 14.2 Å². The van der Waals surface area contributed by atoms with E-state index in [2.05, 4.69) is 15.0 Å². The SMILES string of the molecule is C#CC[C@H](C)C(=O)CP(=O)(OC)OC. The van der Waals surface area contributed by atoms with Crippen LogP contribution in [0.2, 0.25) is 0 Å². The van der Waals surface area contributed by atoms with E-state index in [-0.39, 0.29) is 17.9 Å². The minimum Gasteiger partial charge on any atom is -0.312 e. The molecule has 0 saturated heterocycles.